The Morgan fingerprint density at radius 1 is 1.40 bits per heavy atom. The number of nitrogens with two attached hydrogens (primary N) is 1. The van der Waals surface area contributed by atoms with Crippen molar-refractivity contribution in [1.29, 1.82) is 0 Å². The maximum absolute atomic E-state index is 8.70. The van der Waals surface area contributed by atoms with Crippen LogP contribution in [0.25, 0.3) is 0 Å². The van der Waals surface area contributed by atoms with Crippen LogP contribution in [0.2, 0.25) is 0 Å². The normalized spacial score (nSPS) is 35.0. The highest BCUT2D eigenvalue weighted by Crippen LogP contribution is 2.41. The first-order valence-electron chi connectivity index (χ1n) is 7.66. The number of rotatable bonds is 5. The van der Waals surface area contributed by atoms with Gasteiger partial charge in [-0.3, -0.25) is 4.90 Å². The zero-order valence-electron chi connectivity index (χ0n) is 12.0. The van der Waals surface area contributed by atoms with E-state index >= 15 is 0 Å². The van der Waals surface area contributed by atoms with Gasteiger partial charge in [-0.25, -0.2) is 0 Å². The maximum atomic E-state index is 8.70. The van der Waals surface area contributed by atoms with Gasteiger partial charge in [-0.2, -0.15) is 11.8 Å². The fourth-order valence-corrected chi connectivity index (χ4v) is 4.89. The monoisotopic (exact) mass is 299 g/mol. The predicted octanol–water partition coefficient (Wildman–Crippen LogP) is 1.64. The molecule has 3 N–H and O–H groups in total. The van der Waals surface area contributed by atoms with Crippen LogP contribution in [-0.4, -0.2) is 58.3 Å². The number of ether oxygens (including phenoxy) is 1. The van der Waals surface area contributed by atoms with Gasteiger partial charge in [-0.15, -0.1) is 0 Å². The Hall–Kier alpha value is -0.460. The smallest absolute Gasteiger partial charge is 0.140 e. The van der Waals surface area contributed by atoms with Crippen LogP contribution in [0.15, 0.2) is 5.16 Å². The molecule has 114 valence electrons. The summed E-state index contributed by atoms with van der Waals surface area (Å²) < 4.78 is 6.12. The fraction of sp³-hybridized carbons (Fsp3) is 0.929. The van der Waals surface area contributed by atoms with Gasteiger partial charge in [0.25, 0.3) is 0 Å². The summed E-state index contributed by atoms with van der Waals surface area (Å²) in [6, 6.07) is 1.33. The van der Waals surface area contributed by atoms with Gasteiger partial charge in [0.05, 0.1) is 5.60 Å². The van der Waals surface area contributed by atoms with Crippen LogP contribution in [0.3, 0.4) is 0 Å². The molecule has 3 aliphatic rings. The van der Waals surface area contributed by atoms with Crippen molar-refractivity contribution in [2.75, 3.05) is 24.7 Å². The first-order chi connectivity index (χ1) is 9.72. The van der Waals surface area contributed by atoms with Gasteiger partial charge in [-0.05, 0) is 37.9 Å². The van der Waals surface area contributed by atoms with E-state index in [4.69, 9.17) is 15.7 Å². The number of thioether (sulfide) groups is 1. The minimum atomic E-state index is 0.136. The average molecular weight is 299 g/mol. The number of hydrogen-bond donors (Lipinski definition) is 2. The molecular weight excluding hydrogens is 274 g/mol. The van der Waals surface area contributed by atoms with Crippen molar-refractivity contribution < 1.29 is 9.94 Å². The molecule has 20 heavy (non-hydrogen) atoms. The molecule has 1 aliphatic carbocycles. The lowest BCUT2D eigenvalue weighted by atomic mass is 9.89. The third kappa shape index (κ3) is 3.23. The largest absolute Gasteiger partial charge is 0.409 e. The van der Waals surface area contributed by atoms with Crippen molar-refractivity contribution >= 4 is 17.6 Å². The van der Waals surface area contributed by atoms with E-state index in [0.29, 0.717) is 18.3 Å². The van der Waals surface area contributed by atoms with Crippen LogP contribution in [-0.2, 0) is 4.74 Å². The van der Waals surface area contributed by atoms with Crippen molar-refractivity contribution in [3.05, 3.63) is 0 Å². The summed E-state index contributed by atoms with van der Waals surface area (Å²) in [6.07, 6.45) is 6.75. The Morgan fingerprint density at radius 2 is 2.25 bits per heavy atom. The van der Waals surface area contributed by atoms with Crippen molar-refractivity contribution in [2.24, 2.45) is 10.9 Å². The average Bonchev–Trinajstić information content (AvgIpc) is 3.21. The standard InChI is InChI=1S/C14H25N3O2S/c15-13(16-18)3-6-17(11-1-2-11)12-4-7-19-14(9-12)5-8-20-10-14/h11-12,18H,1-10H2,(H2,15,16). The van der Waals surface area contributed by atoms with Crippen molar-refractivity contribution in [2.45, 2.75) is 56.2 Å². The topological polar surface area (TPSA) is 71.1 Å². The molecule has 0 radical (unpaired) electrons. The number of nitrogens with zero attached hydrogens (tertiary/aromatic N) is 2. The highest BCUT2D eigenvalue weighted by Gasteiger charge is 2.44. The first kappa shape index (κ1) is 14.5. The van der Waals surface area contributed by atoms with E-state index in [2.05, 4.69) is 10.1 Å². The molecule has 1 spiro atoms. The molecule has 3 fully saturated rings. The Kier molecular flexibility index (Phi) is 4.43. The van der Waals surface area contributed by atoms with Gasteiger partial charge in [0.15, 0.2) is 0 Å². The number of amidine groups is 1. The Labute approximate surface area is 124 Å². The molecule has 0 aromatic carbocycles. The number of oxime groups is 1. The second-order valence-corrected chi connectivity index (χ2v) is 7.40. The lowest BCUT2D eigenvalue weighted by molar-refractivity contribution is -0.0904. The molecule has 2 aliphatic heterocycles. The van der Waals surface area contributed by atoms with E-state index in [0.717, 1.165) is 37.8 Å². The van der Waals surface area contributed by atoms with Gasteiger partial charge in [0, 0.05) is 37.4 Å². The van der Waals surface area contributed by atoms with Crippen LogP contribution in [0, 0.1) is 0 Å². The van der Waals surface area contributed by atoms with Crippen molar-refractivity contribution in [3.63, 3.8) is 0 Å². The van der Waals surface area contributed by atoms with E-state index in [1.165, 1.54) is 25.0 Å². The molecule has 2 saturated heterocycles. The van der Waals surface area contributed by atoms with E-state index in [-0.39, 0.29) is 5.60 Å². The summed E-state index contributed by atoms with van der Waals surface area (Å²) in [5, 5.41) is 11.8. The van der Waals surface area contributed by atoms with E-state index in [9.17, 15) is 0 Å². The quantitative estimate of drug-likeness (QED) is 0.349. The molecule has 0 amide bonds. The van der Waals surface area contributed by atoms with E-state index in [1.54, 1.807) is 0 Å². The molecule has 2 heterocycles. The summed E-state index contributed by atoms with van der Waals surface area (Å²) in [4.78, 5) is 2.60. The number of hydrogen-bond acceptors (Lipinski definition) is 5. The molecule has 0 bridgehead atoms. The SMILES string of the molecule is NC(CCN(C1CC1)C1CCOC2(CCSC2)C1)=NO. The molecule has 0 aromatic rings. The predicted molar refractivity (Wildman–Crippen MR) is 81.4 cm³/mol. The van der Waals surface area contributed by atoms with E-state index < -0.39 is 0 Å². The van der Waals surface area contributed by atoms with Crippen LogP contribution in [0.5, 0.6) is 0 Å². The lowest BCUT2D eigenvalue weighted by Crippen LogP contribution is -2.50. The van der Waals surface area contributed by atoms with Gasteiger partial charge in [-0.1, -0.05) is 5.16 Å². The van der Waals surface area contributed by atoms with Crippen LogP contribution < -0.4 is 5.73 Å². The zero-order valence-corrected chi connectivity index (χ0v) is 12.8. The molecule has 5 nitrogen and oxygen atoms in total. The van der Waals surface area contributed by atoms with E-state index in [1.807, 2.05) is 11.8 Å². The maximum Gasteiger partial charge on any atom is 0.140 e. The summed E-state index contributed by atoms with van der Waals surface area (Å²) in [6.45, 7) is 1.80. The van der Waals surface area contributed by atoms with Crippen molar-refractivity contribution in [1.82, 2.24) is 4.90 Å². The molecule has 0 aromatic heterocycles. The lowest BCUT2D eigenvalue weighted by Gasteiger charge is -2.43. The highest BCUT2D eigenvalue weighted by molar-refractivity contribution is 7.99. The summed E-state index contributed by atoms with van der Waals surface area (Å²) in [5.41, 5.74) is 5.77. The summed E-state index contributed by atoms with van der Waals surface area (Å²) in [7, 11) is 0. The second kappa shape index (κ2) is 6.12. The Morgan fingerprint density at radius 3 is 2.90 bits per heavy atom. The van der Waals surface area contributed by atoms with Gasteiger partial charge >= 0.3 is 0 Å². The molecule has 3 rings (SSSR count). The third-order valence-corrected chi connectivity index (χ3v) is 6.00. The molecule has 2 atom stereocenters. The first-order valence-corrected chi connectivity index (χ1v) is 8.82. The van der Waals surface area contributed by atoms with Crippen LogP contribution in [0.1, 0.15) is 38.5 Å². The van der Waals surface area contributed by atoms with Crippen molar-refractivity contribution in [3.8, 4) is 0 Å². The third-order valence-electron chi connectivity index (χ3n) is 4.77. The fourth-order valence-electron chi connectivity index (χ4n) is 3.51. The minimum absolute atomic E-state index is 0.136. The Balaban J connectivity index is 1.61. The van der Waals surface area contributed by atoms with Gasteiger partial charge in [0.1, 0.15) is 5.84 Å². The Bertz CT molecular complexity index is 367. The highest BCUT2D eigenvalue weighted by atomic mass is 32.2. The molecule has 6 heteroatoms. The molecule has 1 saturated carbocycles. The summed E-state index contributed by atoms with van der Waals surface area (Å²) >= 11 is 2.02. The van der Waals surface area contributed by atoms with Gasteiger partial charge < -0.3 is 15.7 Å². The van der Waals surface area contributed by atoms with Crippen LogP contribution >= 0.6 is 11.8 Å². The minimum Gasteiger partial charge on any atom is -0.409 e. The summed E-state index contributed by atoms with van der Waals surface area (Å²) in [5.74, 6) is 2.73. The molecule has 2 unspecified atom stereocenters. The molecular formula is C14H25N3O2S. The second-order valence-electron chi connectivity index (χ2n) is 6.29. The van der Waals surface area contributed by atoms with Crippen LogP contribution in [0.4, 0.5) is 0 Å². The zero-order chi connectivity index (χ0) is 14.0. The van der Waals surface area contributed by atoms with Gasteiger partial charge in [0.2, 0.25) is 0 Å².